The second-order valence-electron chi connectivity index (χ2n) is 10.7. The minimum absolute atomic E-state index is 0.0432. The highest BCUT2D eigenvalue weighted by atomic mass is 16.7. The van der Waals surface area contributed by atoms with E-state index < -0.39 is 5.60 Å². The molecule has 0 radical (unpaired) electrons. The third-order valence-corrected chi connectivity index (χ3v) is 7.08. The minimum Gasteiger partial charge on any atom is -0.444 e. The molecule has 4 rings (SSSR count). The predicted molar refractivity (Wildman–Crippen MR) is 128 cm³/mol. The molecule has 0 aromatic heterocycles. The van der Waals surface area contributed by atoms with E-state index in [1.165, 1.54) is 5.06 Å². The topological polar surface area (TPSA) is 79.4 Å². The number of cyclic esters (lactones) is 1. The standard InChI is InChI=1S/C26H37N3O5/c1-26(2,3)34-28(18-30)16-19-8-10-20(11-9-19)24(31)27-14-12-22(13-15-27)29-23-7-5-4-6-21(23)17-33-25(29)32/h4-7,18-20,22H,8-17H2,1-3H3. The van der Waals surface area contributed by atoms with Gasteiger partial charge in [0, 0.05) is 30.6 Å². The van der Waals surface area contributed by atoms with E-state index in [2.05, 4.69) is 0 Å². The Balaban J connectivity index is 1.26. The van der Waals surface area contributed by atoms with E-state index in [0.29, 0.717) is 32.2 Å². The van der Waals surface area contributed by atoms with Crippen molar-refractivity contribution in [2.45, 2.75) is 77.5 Å². The second-order valence-corrected chi connectivity index (χ2v) is 10.7. The van der Waals surface area contributed by atoms with Crippen molar-refractivity contribution in [3.63, 3.8) is 0 Å². The highest BCUT2D eigenvalue weighted by Crippen LogP contribution is 2.34. The van der Waals surface area contributed by atoms with E-state index in [4.69, 9.17) is 9.57 Å². The lowest BCUT2D eigenvalue weighted by atomic mass is 9.81. The number of anilines is 1. The fraction of sp³-hybridized carbons (Fsp3) is 0.654. The summed E-state index contributed by atoms with van der Waals surface area (Å²) in [4.78, 5) is 46.5. The number of carbonyl (C=O) groups is 3. The number of carbonyl (C=O) groups excluding carboxylic acids is 3. The van der Waals surface area contributed by atoms with Crippen LogP contribution in [0.15, 0.2) is 24.3 Å². The molecule has 0 atom stereocenters. The lowest BCUT2D eigenvalue weighted by Crippen LogP contribution is -2.51. The number of amides is 3. The van der Waals surface area contributed by atoms with Crippen LogP contribution in [-0.4, -0.2) is 59.7 Å². The summed E-state index contributed by atoms with van der Waals surface area (Å²) in [5, 5.41) is 1.40. The highest BCUT2D eigenvalue weighted by Gasteiger charge is 2.37. The summed E-state index contributed by atoms with van der Waals surface area (Å²) >= 11 is 0. The van der Waals surface area contributed by atoms with E-state index in [1.807, 2.05) is 49.9 Å². The number of para-hydroxylation sites is 1. The van der Waals surface area contributed by atoms with Crippen LogP contribution >= 0.6 is 0 Å². The summed E-state index contributed by atoms with van der Waals surface area (Å²) in [6.45, 7) is 7.99. The lowest BCUT2D eigenvalue weighted by molar-refractivity contribution is -0.220. The average molecular weight is 472 g/mol. The van der Waals surface area contributed by atoms with E-state index >= 15 is 0 Å². The first-order chi connectivity index (χ1) is 16.2. The largest absolute Gasteiger partial charge is 0.444 e. The monoisotopic (exact) mass is 471 g/mol. The van der Waals surface area contributed by atoms with Crippen LogP contribution in [0.4, 0.5) is 10.5 Å². The van der Waals surface area contributed by atoms with Crippen molar-refractivity contribution in [1.82, 2.24) is 9.96 Å². The quantitative estimate of drug-likeness (QED) is 0.460. The molecule has 186 valence electrons. The van der Waals surface area contributed by atoms with Gasteiger partial charge in [-0.1, -0.05) is 18.2 Å². The molecular weight excluding hydrogens is 434 g/mol. The van der Waals surface area contributed by atoms with Gasteiger partial charge in [0.05, 0.1) is 17.8 Å². The third kappa shape index (κ3) is 5.71. The number of piperidine rings is 1. The van der Waals surface area contributed by atoms with Crippen LogP contribution in [0.2, 0.25) is 0 Å². The molecule has 1 aliphatic carbocycles. The van der Waals surface area contributed by atoms with Gasteiger partial charge in [0.2, 0.25) is 12.3 Å². The van der Waals surface area contributed by atoms with Crippen molar-refractivity contribution in [3.8, 4) is 0 Å². The van der Waals surface area contributed by atoms with Crippen molar-refractivity contribution >= 4 is 24.1 Å². The number of rotatable bonds is 6. The van der Waals surface area contributed by atoms with Crippen molar-refractivity contribution in [2.75, 3.05) is 24.5 Å². The van der Waals surface area contributed by atoms with Gasteiger partial charge in [0.25, 0.3) is 0 Å². The SMILES string of the molecule is CC(C)(C)ON(C=O)CC1CCC(C(=O)N2CCC(N3C(=O)OCc4ccccc43)CC2)CC1. The number of fused-ring (bicyclic) bond motifs is 1. The predicted octanol–water partition coefficient (Wildman–Crippen LogP) is 4.13. The Labute approximate surface area is 202 Å². The van der Waals surface area contributed by atoms with Crippen molar-refractivity contribution < 1.29 is 24.0 Å². The number of hydrogen-bond acceptors (Lipinski definition) is 5. The molecule has 8 nitrogen and oxygen atoms in total. The molecule has 0 unspecified atom stereocenters. The fourth-order valence-electron chi connectivity index (χ4n) is 5.42. The summed E-state index contributed by atoms with van der Waals surface area (Å²) in [5.41, 5.74) is 1.55. The summed E-state index contributed by atoms with van der Waals surface area (Å²) in [6.07, 6.45) is 5.49. The van der Waals surface area contributed by atoms with Crippen LogP contribution in [-0.2, 0) is 25.8 Å². The van der Waals surface area contributed by atoms with Crippen LogP contribution in [0.25, 0.3) is 0 Å². The maximum Gasteiger partial charge on any atom is 0.414 e. The Kier molecular flexibility index (Phi) is 7.45. The summed E-state index contributed by atoms with van der Waals surface area (Å²) < 4.78 is 5.38. The Morgan fingerprint density at radius 1 is 1.12 bits per heavy atom. The summed E-state index contributed by atoms with van der Waals surface area (Å²) in [7, 11) is 0. The molecule has 0 N–H and O–H groups in total. The molecular formula is C26H37N3O5. The number of hydroxylamine groups is 2. The Morgan fingerprint density at radius 2 is 1.79 bits per heavy atom. The van der Waals surface area contributed by atoms with E-state index in [9.17, 15) is 14.4 Å². The molecule has 2 heterocycles. The average Bonchev–Trinajstić information content (AvgIpc) is 2.83. The minimum atomic E-state index is -0.410. The maximum atomic E-state index is 13.2. The molecule has 2 fully saturated rings. The molecule has 34 heavy (non-hydrogen) atoms. The van der Waals surface area contributed by atoms with Crippen molar-refractivity contribution in [1.29, 1.82) is 0 Å². The van der Waals surface area contributed by atoms with Gasteiger partial charge >= 0.3 is 6.09 Å². The first-order valence-electron chi connectivity index (χ1n) is 12.5. The molecule has 1 saturated heterocycles. The molecule has 2 aliphatic heterocycles. The molecule has 0 spiro atoms. The van der Waals surface area contributed by atoms with Gasteiger partial charge in [-0.25, -0.2) is 9.86 Å². The highest BCUT2D eigenvalue weighted by molar-refractivity contribution is 5.91. The zero-order chi connectivity index (χ0) is 24.3. The van der Waals surface area contributed by atoms with E-state index in [-0.39, 0.29) is 24.0 Å². The molecule has 8 heteroatoms. The zero-order valence-corrected chi connectivity index (χ0v) is 20.6. The molecule has 1 aromatic rings. The molecule has 1 aromatic carbocycles. The first-order valence-corrected chi connectivity index (χ1v) is 12.5. The Bertz CT molecular complexity index is 883. The molecule has 0 bridgehead atoms. The number of hydrogen-bond donors (Lipinski definition) is 0. The Morgan fingerprint density at radius 3 is 2.44 bits per heavy atom. The molecule has 3 aliphatic rings. The van der Waals surface area contributed by atoms with Crippen molar-refractivity contribution in [3.05, 3.63) is 29.8 Å². The smallest absolute Gasteiger partial charge is 0.414 e. The van der Waals surface area contributed by atoms with Crippen LogP contribution in [0.1, 0.15) is 64.9 Å². The van der Waals surface area contributed by atoms with Gasteiger partial charge in [0.1, 0.15) is 6.61 Å². The molecule has 3 amide bonds. The first kappa shape index (κ1) is 24.5. The van der Waals surface area contributed by atoms with Gasteiger partial charge in [0.15, 0.2) is 0 Å². The van der Waals surface area contributed by atoms with Crippen LogP contribution in [0, 0.1) is 11.8 Å². The Hall–Kier alpha value is -2.61. The summed E-state index contributed by atoms with van der Waals surface area (Å²) in [6, 6.07) is 7.92. The van der Waals surface area contributed by atoms with Crippen LogP contribution in [0.5, 0.6) is 0 Å². The number of ether oxygens (including phenoxy) is 1. The second kappa shape index (κ2) is 10.3. The van der Waals surface area contributed by atoms with Crippen molar-refractivity contribution in [2.24, 2.45) is 11.8 Å². The zero-order valence-electron chi connectivity index (χ0n) is 20.6. The van der Waals surface area contributed by atoms with Gasteiger partial charge in [-0.2, -0.15) is 0 Å². The molecule has 1 saturated carbocycles. The van der Waals surface area contributed by atoms with Gasteiger partial charge in [-0.05, 0) is 71.3 Å². The van der Waals surface area contributed by atoms with Gasteiger partial charge in [-0.15, -0.1) is 0 Å². The number of nitrogens with zero attached hydrogens (tertiary/aromatic N) is 3. The summed E-state index contributed by atoms with van der Waals surface area (Å²) in [5.74, 6) is 0.630. The number of benzene rings is 1. The lowest BCUT2D eigenvalue weighted by Gasteiger charge is -2.41. The van der Waals surface area contributed by atoms with Crippen LogP contribution < -0.4 is 4.90 Å². The van der Waals surface area contributed by atoms with E-state index in [0.717, 1.165) is 56.2 Å². The normalized spacial score (nSPS) is 23.8. The third-order valence-electron chi connectivity index (χ3n) is 7.08. The van der Waals surface area contributed by atoms with Gasteiger partial charge < -0.3 is 9.64 Å². The fourth-order valence-corrected chi connectivity index (χ4v) is 5.42. The van der Waals surface area contributed by atoms with Crippen LogP contribution in [0.3, 0.4) is 0 Å². The number of likely N-dealkylation sites (tertiary alicyclic amines) is 1. The van der Waals surface area contributed by atoms with Gasteiger partial charge in [-0.3, -0.25) is 19.3 Å². The maximum absolute atomic E-state index is 13.2. The van der Waals surface area contributed by atoms with E-state index in [1.54, 1.807) is 4.90 Å².